The quantitative estimate of drug-likeness (QED) is 0.469. The molecule has 6 nitrogen and oxygen atoms in total. The number of allylic oxidation sites excluding steroid dienone is 1. The highest BCUT2D eigenvalue weighted by atomic mass is 16.5. The fourth-order valence-electron chi connectivity index (χ4n) is 1.59. The summed E-state index contributed by atoms with van der Waals surface area (Å²) < 4.78 is 9.76. The maximum absolute atomic E-state index is 11.9. The zero-order chi connectivity index (χ0) is 16.5. The molecule has 0 aliphatic rings. The molecule has 1 aromatic rings. The van der Waals surface area contributed by atoms with E-state index in [0.29, 0.717) is 11.3 Å². The van der Waals surface area contributed by atoms with Gasteiger partial charge < -0.3 is 14.8 Å². The third kappa shape index (κ3) is 5.40. The predicted molar refractivity (Wildman–Crippen MR) is 80.7 cm³/mol. The van der Waals surface area contributed by atoms with Gasteiger partial charge >= 0.3 is 5.97 Å². The second-order valence-corrected chi connectivity index (χ2v) is 4.41. The lowest BCUT2D eigenvalue weighted by atomic mass is 10.1. The molecule has 0 aliphatic carbocycles. The monoisotopic (exact) mass is 305 g/mol. The van der Waals surface area contributed by atoms with Crippen LogP contribution in [0.3, 0.4) is 0 Å². The van der Waals surface area contributed by atoms with Gasteiger partial charge in [-0.05, 0) is 44.2 Å². The summed E-state index contributed by atoms with van der Waals surface area (Å²) in [5, 5.41) is 2.42. The molecule has 0 spiro atoms. The molecule has 0 aliphatic heterocycles. The standard InChI is InChI=1S/C16H19NO5/c1-4-22-16(20)11(2)17-15(19)10-9-14(18)12-5-7-13(21-3)8-6-12/h5-11H,4H2,1-3H3,(H,17,19)/b10-9-/t11-/m0/s1. The van der Waals surface area contributed by atoms with Gasteiger partial charge in [0, 0.05) is 11.6 Å². The number of esters is 1. The molecule has 0 bridgehead atoms. The minimum atomic E-state index is -0.770. The number of methoxy groups -OCH3 is 1. The fourth-order valence-corrected chi connectivity index (χ4v) is 1.59. The maximum atomic E-state index is 11.9. The van der Waals surface area contributed by atoms with E-state index >= 15 is 0 Å². The molecular formula is C16H19NO5. The third-order valence-corrected chi connectivity index (χ3v) is 2.76. The number of amides is 1. The Morgan fingerprint density at radius 3 is 2.36 bits per heavy atom. The van der Waals surface area contributed by atoms with E-state index in [2.05, 4.69) is 5.32 Å². The van der Waals surface area contributed by atoms with Crippen LogP contribution in [0.15, 0.2) is 36.4 Å². The van der Waals surface area contributed by atoms with E-state index in [4.69, 9.17) is 9.47 Å². The molecule has 118 valence electrons. The van der Waals surface area contributed by atoms with Crippen molar-refractivity contribution in [2.75, 3.05) is 13.7 Å². The first-order chi connectivity index (χ1) is 10.5. The van der Waals surface area contributed by atoms with Crippen LogP contribution in [-0.2, 0) is 14.3 Å². The summed E-state index contributed by atoms with van der Waals surface area (Å²) in [4.78, 5) is 34.9. The van der Waals surface area contributed by atoms with Crippen molar-refractivity contribution in [3.8, 4) is 5.75 Å². The van der Waals surface area contributed by atoms with Crippen molar-refractivity contribution in [2.24, 2.45) is 0 Å². The third-order valence-electron chi connectivity index (χ3n) is 2.76. The van der Waals surface area contributed by atoms with Crippen LogP contribution in [0.1, 0.15) is 24.2 Å². The maximum Gasteiger partial charge on any atom is 0.328 e. The van der Waals surface area contributed by atoms with Crippen LogP contribution in [0.5, 0.6) is 5.75 Å². The van der Waals surface area contributed by atoms with Crippen molar-refractivity contribution in [1.29, 1.82) is 0 Å². The Balaban J connectivity index is 2.57. The molecule has 0 heterocycles. The number of nitrogens with one attached hydrogen (secondary N) is 1. The number of hydrogen-bond acceptors (Lipinski definition) is 5. The van der Waals surface area contributed by atoms with E-state index < -0.39 is 17.9 Å². The number of benzene rings is 1. The van der Waals surface area contributed by atoms with Crippen LogP contribution < -0.4 is 10.1 Å². The van der Waals surface area contributed by atoms with Crippen LogP contribution in [0, 0.1) is 0 Å². The average Bonchev–Trinajstić information content (AvgIpc) is 2.52. The number of rotatable bonds is 7. The molecular weight excluding hydrogens is 286 g/mol. The summed E-state index contributed by atoms with van der Waals surface area (Å²) in [6.45, 7) is 3.43. The van der Waals surface area contributed by atoms with Gasteiger partial charge in [-0.3, -0.25) is 9.59 Å². The van der Waals surface area contributed by atoms with Crippen LogP contribution in [0.25, 0.3) is 0 Å². The molecule has 1 N–H and O–H groups in total. The van der Waals surface area contributed by atoms with E-state index in [9.17, 15) is 14.4 Å². The number of ketones is 1. The van der Waals surface area contributed by atoms with E-state index in [0.717, 1.165) is 12.2 Å². The summed E-state index contributed by atoms with van der Waals surface area (Å²) in [5.74, 6) is -0.740. The molecule has 1 atom stereocenters. The van der Waals surface area contributed by atoms with Gasteiger partial charge in [0.25, 0.3) is 0 Å². The largest absolute Gasteiger partial charge is 0.497 e. The lowest BCUT2D eigenvalue weighted by molar-refractivity contribution is -0.146. The van der Waals surface area contributed by atoms with Crippen LogP contribution in [0.4, 0.5) is 0 Å². The van der Waals surface area contributed by atoms with Crippen molar-refractivity contribution < 1.29 is 23.9 Å². The predicted octanol–water partition coefficient (Wildman–Crippen LogP) is 1.50. The van der Waals surface area contributed by atoms with Gasteiger partial charge in [0.1, 0.15) is 11.8 Å². The Kier molecular flexibility index (Phi) is 6.82. The normalized spacial score (nSPS) is 11.8. The topological polar surface area (TPSA) is 81.7 Å². The van der Waals surface area contributed by atoms with Crippen molar-refractivity contribution in [3.63, 3.8) is 0 Å². The molecule has 0 aromatic heterocycles. The minimum Gasteiger partial charge on any atom is -0.497 e. The van der Waals surface area contributed by atoms with Gasteiger partial charge in [0.2, 0.25) is 5.91 Å². The van der Waals surface area contributed by atoms with E-state index in [1.165, 1.54) is 14.0 Å². The summed E-state index contributed by atoms with van der Waals surface area (Å²) in [6.07, 6.45) is 2.23. The van der Waals surface area contributed by atoms with Crippen LogP contribution >= 0.6 is 0 Å². The van der Waals surface area contributed by atoms with E-state index in [-0.39, 0.29) is 12.4 Å². The van der Waals surface area contributed by atoms with Gasteiger partial charge in [-0.15, -0.1) is 0 Å². The molecule has 1 amide bonds. The molecule has 1 aromatic carbocycles. The highest BCUT2D eigenvalue weighted by Gasteiger charge is 2.15. The van der Waals surface area contributed by atoms with Crippen molar-refractivity contribution in [1.82, 2.24) is 5.32 Å². The number of carbonyl (C=O) groups is 3. The first-order valence-corrected chi connectivity index (χ1v) is 6.81. The minimum absolute atomic E-state index is 0.241. The first-order valence-electron chi connectivity index (χ1n) is 6.81. The van der Waals surface area contributed by atoms with Crippen molar-refractivity contribution in [2.45, 2.75) is 19.9 Å². The first kappa shape index (κ1) is 17.4. The second-order valence-electron chi connectivity index (χ2n) is 4.41. The molecule has 0 fully saturated rings. The van der Waals surface area contributed by atoms with Gasteiger partial charge in [-0.1, -0.05) is 0 Å². The second kappa shape index (κ2) is 8.61. The van der Waals surface area contributed by atoms with Gasteiger partial charge in [0.05, 0.1) is 13.7 Å². The molecule has 0 saturated heterocycles. The average molecular weight is 305 g/mol. The van der Waals surface area contributed by atoms with E-state index in [1.807, 2.05) is 0 Å². The Hall–Kier alpha value is -2.63. The molecule has 22 heavy (non-hydrogen) atoms. The molecule has 0 saturated carbocycles. The SMILES string of the molecule is CCOC(=O)[C@H](C)NC(=O)/C=C\C(=O)c1ccc(OC)cc1. The van der Waals surface area contributed by atoms with E-state index in [1.54, 1.807) is 31.2 Å². The summed E-state index contributed by atoms with van der Waals surface area (Å²) in [5.41, 5.74) is 0.434. The zero-order valence-corrected chi connectivity index (χ0v) is 12.8. The summed E-state index contributed by atoms with van der Waals surface area (Å²) in [7, 11) is 1.53. The highest BCUT2D eigenvalue weighted by molar-refractivity contribution is 6.07. The molecule has 1 rings (SSSR count). The van der Waals surface area contributed by atoms with Gasteiger partial charge in [-0.25, -0.2) is 4.79 Å². The molecule has 6 heteroatoms. The number of hydrogen-bond donors (Lipinski definition) is 1. The van der Waals surface area contributed by atoms with Gasteiger partial charge in [0.15, 0.2) is 5.78 Å². The highest BCUT2D eigenvalue weighted by Crippen LogP contribution is 2.11. The Bertz CT molecular complexity index is 562. The van der Waals surface area contributed by atoms with Crippen molar-refractivity contribution >= 4 is 17.7 Å². The molecule has 0 unspecified atom stereocenters. The Labute approximate surface area is 129 Å². The molecule has 0 radical (unpaired) electrons. The fraction of sp³-hybridized carbons (Fsp3) is 0.312. The summed E-state index contributed by atoms with van der Waals surface area (Å²) in [6, 6.07) is 5.75. The number of ether oxygens (including phenoxy) is 2. The zero-order valence-electron chi connectivity index (χ0n) is 12.8. The van der Waals surface area contributed by atoms with Crippen LogP contribution in [0.2, 0.25) is 0 Å². The van der Waals surface area contributed by atoms with Crippen LogP contribution in [-0.4, -0.2) is 37.4 Å². The number of carbonyl (C=O) groups excluding carboxylic acids is 3. The van der Waals surface area contributed by atoms with Crippen molar-refractivity contribution in [3.05, 3.63) is 42.0 Å². The Morgan fingerprint density at radius 2 is 1.82 bits per heavy atom. The Morgan fingerprint density at radius 1 is 1.18 bits per heavy atom. The smallest absolute Gasteiger partial charge is 0.328 e. The lowest BCUT2D eigenvalue weighted by Gasteiger charge is -2.10. The summed E-state index contributed by atoms with van der Waals surface area (Å²) >= 11 is 0. The lowest BCUT2D eigenvalue weighted by Crippen LogP contribution is -2.38. The van der Waals surface area contributed by atoms with Gasteiger partial charge in [-0.2, -0.15) is 0 Å².